The first kappa shape index (κ1) is 24.9. The number of amides is 1. The van der Waals surface area contributed by atoms with Crippen molar-refractivity contribution in [1.29, 1.82) is 0 Å². The van der Waals surface area contributed by atoms with Gasteiger partial charge in [0.1, 0.15) is 5.75 Å². The monoisotopic (exact) mass is 503 g/mol. The number of fused-ring (bicyclic) bond motifs is 2. The lowest BCUT2D eigenvalue weighted by Crippen LogP contribution is -2.42. The average Bonchev–Trinajstić information content (AvgIpc) is 3.21. The van der Waals surface area contributed by atoms with Crippen molar-refractivity contribution in [3.05, 3.63) is 65.7 Å². The van der Waals surface area contributed by atoms with Crippen molar-refractivity contribution < 1.29 is 28.9 Å². The molecule has 3 aromatic rings. The summed E-state index contributed by atoms with van der Waals surface area (Å²) in [5.74, 6) is 0.561. The molecule has 2 unspecified atom stereocenters. The molecule has 2 N–H and O–H groups in total. The Labute approximate surface area is 216 Å². The number of benzene rings is 3. The Morgan fingerprint density at radius 2 is 1.62 bits per heavy atom. The van der Waals surface area contributed by atoms with Crippen LogP contribution in [0.1, 0.15) is 68.9 Å². The molecule has 0 saturated heterocycles. The predicted octanol–water partition coefficient (Wildman–Crippen LogP) is 5.78. The van der Waals surface area contributed by atoms with Crippen LogP contribution in [0.2, 0.25) is 0 Å². The molecule has 7 heteroatoms. The van der Waals surface area contributed by atoms with Gasteiger partial charge in [0.2, 0.25) is 6.79 Å². The van der Waals surface area contributed by atoms with Crippen LogP contribution in [0.5, 0.6) is 17.2 Å². The summed E-state index contributed by atoms with van der Waals surface area (Å²) in [5.41, 5.74) is 1.73. The molecule has 1 heterocycles. The molecule has 1 fully saturated rings. The van der Waals surface area contributed by atoms with Crippen LogP contribution in [-0.2, 0) is 9.59 Å². The number of ether oxygens (including phenoxy) is 3. The lowest BCUT2D eigenvalue weighted by Gasteiger charge is -2.21. The van der Waals surface area contributed by atoms with E-state index in [0.717, 1.165) is 47.6 Å². The molecular weight excluding hydrogens is 470 g/mol. The third-order valence-corrected chi connectivity index (χ3v) is 7.30. The zero-order valence-corrected chi connectivity index (χ0v) is 21.1. The van der Waals surface area contributed by atoms with Crippen LogP contribution in [0, 0.1) is 0 Å². The van der Waals surface area contributed by atoms with Crippen LogP contribution in [0.4, 0.5) is 0 Å². The number of aliphatic carboxylic acids is 1. The molecule has 2 atom stereocenters. The van der Waals surface area contributed by atoms with E-state index in [1.807, 2.05) is 54.6 Å². The van der Waals surface area contributed by atoms with Crippen LogP contribution in [0.3, 0.4) is 0 Å². The Balaban J connectivity index is 1.35. The Hall–Kier alpha value is -3.74. The lowest BCUT2D eigenvalue weighted by molar-refractivity contribution is -0.137. The zero-order valence-electron chi connectivity index (χ0n) is 21.1. The van der Waals surface area contributed by atoms with Crippen LogP contribution in [-0.4, -0.2) is 35.9 Å². The Kier molecular flexibility index (Phi) is 7.49. The summed E-state index contributed by atoms with van der Waals surface area (Å²) in [4.78, 5) is 24.5. The molecule has 5 rings (SSSR count). The minimum atomic E-state index is -0.881. The van der Waals surface area contributed by atoms with Crippen molar-refractivity contribution in [2.75, 3.05) is 6.79 Å². The number of rotatable bonds is 8. The third-order valence-electron chi connectivity index (χ3n) is 7.30. The van der Waals surface area contributed by atoms with Gasteiger partial charge in [-0.25, -0.2) is 0 Å². The van der Waals surface area contributed by atoms with Gasteiger partial charge in [0.05, 0.1) is 6.42 Å². The van der Waals surface area contributed by atoms with Gasteiger partial charge in [0.25, 0.3) is 5.91 Å². The second-order valence-corrected chi connectivity index (χ2v) is 9.99. The summed E-state index contributed by atoms with van der Waals surface area (Å²) in [7, 11) is 0. The first-order chi connectivity index (χ1) is 18.0. The van der Waals surface area contributed by atoms with Gasteiger partial charge < -0.3 is 24.6 Å². The quantitative estimate of drug-likeness (QED) is 0.379. The van der Waals surface area contributed by atoms with Crippen molar-refractivity contribution in [2.24, 2.45) is 0 Å². The summed E-state index contributed by atoms with van der Waals surface area (Å²) in [6.07, 6.45) is 6.16. The number of carboxylic acids is 1. The highest BCUT2D eigenvalue weighted by molar-refractivity contribution is 5.85. The molecule has 0 spiro atoms. The fraction of sp³-hybridized carbons (Fsp3) is 0.400. The number of carbonyl (C=O) groups excluding carboxylic acids is 1. The largest absolute Gasteiger partial charge is 0.481 e. The van der Waals surface area contributed by atoms with Gasteiger partial charge in [0.15, 0.2) is 17.6 Å². The molecule has 2 aliphatic rings. The highest BCUT2D eigenvalue weighted by Crippen LogP contribution is 2.38. The maximum Gasteiger partial charge on any atom is 0.304 e. The normalized spacial score (nSPS) is 17.1. The van der Waals surface area contributed by atoms with E-state index in [-0.39, 0.29) is 31.1 Å². The van der Waals surface area contributed by atoms with Crippen LogP contribution in [0.15, 0.2) is 54.6 Å². The van der Waals surface area contributed by atoms with E-state index in [1.54, 1.807) is 6.92 Å². The van der Waals surface area contributed by atoms with E-state index in [1.165, 1.54) is 12.8 Å². The van der Waals surface area contributed by atoms with Gasteiger partial charge in [-0.3, -0.25) is 9.59 Å². The minimum Gasteiger partial charge on any atom is -0.481 e. The minimum absolute atomic E-state index is 0.0558. The van der Waals surface area contributed by atoms with E-state index in [0.29, 0.717) is 17.2 Å². The summed E-state index contributed by atoms with van der Waals surface area (Å²) in [6.45, 7) is 1.94. The third kappa shape index (κ3) is 5.98. The van der Waals surface area contributed by atoms with E-state index >= 15 is 0 Å². The molecule has 0 aromatic heterocycles. The van der Waals surface area contributed by atoms with Gasteiger partial charge in [0, 0.05) is 12.0 Å². The molecule has 7 nitrogen and oxygen atoms in total. The highest BCUT2D eigenvalue weighted by atomic mass is 16.7. The van der Waals surface area contributed by atoms with Crippen LogP contribution >= 0.6 is 0 Å². The standard InChI is InChI=1S/C30H33NO6/c1-19(30(34)31-24-6-4-2-3-5-7-24)37-25-12-10-20-8-9-21(14-23(20)15-25)26(17-29(32)33)22-11-13-27-28(16-22)36-18-35-27/h8-16,19,24,26H,2-7,17-18H2,1H3,(H,31,34)(H,32,33). The second-order valence-electron chi connectivity index (χ2n) is 9.99. The van der Waals surface area contributed by atoms with Crippen molar-refractivity contribution in [2.45, 2.75) is 69.9 Å². The predicted molar refractivity (Wildman–Crippen MR) is 140 cm³/mol. The molecule has 1 aliphatic heterocycles. The molecular formula is C30H33NO6. The van der Waals surface area contributed by atoms with E-state index in [4.69, 9.17) is 14.2 Å². The van der Waals surface area contributed by atoms with Crippen molar-refractivity contribution in [3.8, 4) is 17.2 Å². The van der Waals surface area contributed by atoms with Gasteiger partial charge in [-0.05, 0) is 65.9 Å². The molecule has 194 valence electrons. The van der Waals surface area contributed by atoms with E-state index in [9.17, 15) is 14.7 Å². The number of carboxylic acid groups (broad SMARTS) is 1. The molecule has 0 bridgehead atoms. The fourth-order valence-electron chi connectivity index (χ4n) is 5.27. The maximum absolute atomic E-state index is 12.8. The molecule has 3 aromatic carbocycles. The maximum atomic E-state index is 12.8. The first-order valence-electron chi connectivity index (χ1n) is 13.1. The number of hydrogen-bond donors (Lipinski definition) is 2. The molecule has 1 aliphatic carbocycles. The fourth-order valence-corrected chi connectivity index (χ4v) is 5.27. The van der Waals surface area contributed by atoms with Crippen molar-refractivity contribution >= 4 is 22.6 Å². The van der Waals surface area contributed by atoms with Gasteiger partial charge in [-0.15, -0.1) is 0 Å². The Morgan fingerprint density at radius 3 is 2.41 bits per heavy atom. The van der Waals surface area contributed by atoms with Gasteiger partial charge >= 0.3 is 5.97 Å². The highest BCUT2D eigenvalue weighted by Gasteiger charge is 2.23. The molecule has 37 heavy (non-hydrogen) atoms. The topological polar surface area (TPSA) is 94.1 Å². The van der Waals surface area contributed by atoms with E-state index in [2.05, 4.69) is 5.32 Å². The van der Waals surface area contributed by atoms with Crippen LogP contribution < -0.4 is 19.5 Å². The zero-order chi connectivity index (χ0) is 25.8. The number of hydrogen-bond acceptors (Lipinski definition) is 5. The molecule has 0 radical (unpaired) electrons. The first-order valence-corrected chi connectivity index (χ1v) is 13.1. The molecule has 1 amide bonds. The van der Waals surface area contributed by atoms with Crippen molar-refractivity contribution in [3.63, 3.8) is 0 Å². The number of carbonyl (C=O) groups is 2. The number of nitrogens with one attached hydrogen (secondary N) is 1. The van der Waals surface area contributed by atoms with Crippen molar-refractivity contribution in [1.82, 2.24) is 5.32 Å². The SMILES string of the molecule is CC(Oc1ccc2ccc(C(CC(=O)O)c3ccc4c(c3)OCO4)cc2c1)C(=O)NC1CCCCCC1. The average molecular weight is 504 g/mol. The lowest BCUT2D eigenvalue weighted by atomic mass is 9.87. The Morgan fingerprint density at radius 1 is 0.919 bits per heavy atom. The summed E-state index contributed by atoms with van der Waals surface area (Å²) in [6, 6.07) is 17.5. The molecule has 1 saturated carbocycles. The van der Waals surface area contributed by atoms with Crippen LogP contribution in [0.25, 0.3) is 10.8 Å². The smallest absolute Gasteiger partial charge is 0.304 e. The second kappa shape index (κ2) is 11.1. The van der Waals surface area contributed by atoms with E-state index < -0.39 is 12.1 Å². The summed E-state index contributed by atoms with van der Waals surface area (Å²) in [5, 5.41) is 14.7. The van der Waals surface area contributed by atoms with Gasteiger partial charge in [-0.2, -0.15) is 0 Å². The summed E-state index contributed by atoms with van der Waals surface area (Å²) < 4.78 is 16.9. The summed E-state index contributed by atoms with van der Waals surface area (Å²) >= 11 is 0. The van der Waals surface area contributed by atoms with Gasteiger partial charge in [-0.1, -0.05) is 56.0 Å². The Bertz CT molecular complexity index is 1280.